The lowest BCUT2D eigenvalue weighted by molar-refractivity contribution is 0.363. The van der Waals surface area contributed by atoms with Crippen molar-refractivity contribution < 1.29 is 4.74 Å². The molecule has 0 saturated carbocycles. The molecule has 2 aromatic carbocycles. The van der Waals surface area contributed by atoms with Crippen molar-refractivity contribution in [3.63, 3.8) is 0 Å². The lowest BCUT2D eigenvalue weighted by Gasteiger charge is -2.03. The minimum Gasteiger partial charge on any atom is -0.490 e. The highest BCUT2D eigenvalue weighted by Gasteiger charge is 1.94. The SMILES string of the molecule is C=CCOc1cccc(C=Nc2ccc(CC)cc2)c1. The fraction of sp³-hybridized carbons (Fsp3) is 0.167. The Morgan fingerprint density at radius 3 is 2.65 bits per heavy atom. The van der Waals surface area contributed by atoms with Crippen molar-refractivity contribution in [2.45, 2.75) is 13.3 Å². The van der Waals surface area contributed by atoms with Gasteiger partial charge in [-0.05, 0) is 41.8 Å². The summed E-state index contributed by atoms with van der Waals surface area (Å²) >= 11 is 0. The maximum atomic E-state index is 5.50. The maximum Gasteiger partial charge on any atom is 0.120 e. The molecule has 0 unspecified atom stereocenters. The maximum absolute atomic E-state index is 5.50. The normalized spacial score (nSPS) is 10.7. The van der Waals surface area contributed by atoms with Crippen molar-refractivity contribution in [1.82, 2.24) is 0 Å². The van der Waals surface area contributed by atoms with Gasteiger partial charge in [-0.3, -0.25) is 4.99 Å². The Kier molecular flexibility index (Phi) is 5.13. The van der Waals surface area contributed by atoms with Crippen molar-refractivity contribution in [3.8, 4) is 5.75 Å². The second-order valence-corrected chi connectivity index (χ2v) is 4.45. The van der Waals surface area contributed by atoms with Crippen molar-refractivity contribution >= 4 is 11.9 Å². The molecule has 2 nitrogen and oxygen atoms in total. The minimum absolute atomic E-state index is 0.513. The summed E-state index contributed by atoms with van der Waals surface area (Å²) in [6.45, 7) is 6.30. The highest BCUT2D eigenvalue weighted by Crippen LogP contribution is 2.15. The predicted octanol–water partition coefficient (Wildman–Crippen LogP) is 4.56. The third-order valence-corrected chi connectivity index (χ3v) is 2.93. The quantitative estimate of drug-likeness (QED) is 0.554. The third-order valence-electron chi connectivity index (χ3n) is 2.93. The van der Waals surface area contributed by atoms with Gasteiger partial charge in [0.1, 0.15) is 12.4 Å². The molecule has 0 radical (unpaired) electrons. The summed E-state index contributed by atoms with van der Waals surface area (Å²) in [4.78, 5) is 4.47. The number of hydrogen-bond acceptors (Lipinski definition) is 2. The largest absolute Gasteiger partial charge is 0.490 e. The molecule has 0 N–H and O–H groups in total. The van der Waals surface area contributed by atoms with Gasteiger partial charge in [0.05, 0.1) is 5.69 Å². The first-order chi connectivity index (χ1) is 9.81. The Morgan fingerprint density at radius 1 is 1.15 bits per heavy atom. The van der Waals surface area contributed by atoms with Gasteiger partial charge in [-0.2, -0.15) is 0 Å². The van der Waals surface area contributed by atoms with E-state index < -0.39 is 0 Å². The summed E-state index contributed by atoms with van der Waals surface area (Å²) in [5.74, 6) is 0.829. The number of aliphatic imine (C=N–C) groups is 1. The number of hydrogen-bond donors (Lipinski definition) is 0. The molecular formula is C18H19NO. The fourth-order valence-corrected chi connectivity index (χ4v) is 1.81. The molecule has 0 fully saturated rings. The average Bonchev–Trinajstić information content (AvgIpc) is 2.52. The third kappa shape index (κ3) is 4.09. The first-order valence-corrected chi connectivity index (χ1v) is 6.78. The Balaban J connectivity index is 2.07. The van der Waals surface area contributed by atoms with E-state index >= 15 is 0 Å². The van der Waals surface area contributed by atoms with Crippen LogP contribution >= 0.6 is 0 Å². The van der Waals surface area contributed by atoms with Crippen LogP contribution in [0.2, 0.25) is 0 Å². The summed E-state index contributed by atoms with van der Waals surface area (Å²) < 4.78 is 5.50. The van der Waals surface area contributed by atoms with Crippen LogP contribution in [-0.2, 0) is 6.42 Å². The van der Waals surface area contributed by atoms with Crippen molar-refractivity contribution in [1.29, 1.82) is 0 Å². The van der Waals surface area contributed by atoms with Gasteiger partial charge in [0.25, 0.3) is 0 Å². The number of nitrogens with zero attached hydrogens (tertiary/aromatic N) is 1. The van der Waals surface area contributed by atoms with Crippen LogP contribution in [0.25, 0.3) is 0 Å². The summed E-state index contributed by atoms with van der Waals surface area (Å²) in [7, 11) is 0. The Bertz CT molecular complexity index is 585. The van der Waals surface area contributed by atoms with Crippen LogP contribution in [0.1, 0.15) is 18.1 Å². The molecule has 0 amide bonds. The molecule has 0 aromatic heterocycles. The van der Waals surface area contributed by atoms with Gasteiger partial charge in [-0.15, -0.1) is 0 Å². The van der Waals surface area contributed by atoms with Gasteiger partial charge in [0, 0.05) is 6.21 Å². The molecule has 20 heavy (non-hydrogen) atoms. The summed E-state index contributed by atoms with van der Waals surface area (Å²) in [5.41, 5.74) is 3.30. The summed E-state index contributed by atoms with van der Waals surface area (Å²) in [6, 6.07) is 16.1. The van der Waals surface area contributed by atoms with Gasteiger partial charge >= 0.3 is 0 Å². The van der Waals surface area contributed by atoms with Crippen LogP contribution in [0.5, 0.6) is 5.75 Å². The molecule has 2 heteroatoms. The van der Waals surface area contributed by atoms with Crippen LogP contribution in [0.3, 0.4) is 0 Å². The smallest absolute Gasteiger partial charge is 0.120 e. The number of rotatable bonds is 6. The van der Waals surface area contributed by atoms with Gasteiger partial charge in [-0.1, -0.05) is 43.8 Å². The molecule has 0 atom stereocenters. The monoisotopic (exact) mass is 265 g/mol. The van der Waals surface area contributed by atoms with Gasteiger partial charge in [-0.25, -0.2) is 0 Å². The van der Waals surface area contributed by atoms with Gasteiger partial charge < -0.3 is 4.74 Å². The van der Waals surface area contributed by atoms with E-state index in [1.807, 2.05) is 42.6 Å². The van der Waals surface area contributed by atoms with E-state index in [0.29, 0.717) is 6.61 Å². The zero-order valence-corrected chi connectivity index (χ0v) is 11.8. The van der Waals surface area contributed by atoms with Crippen LogP contribution in [0.4, 0.5) is 5.69 Å². The van der Waals surface area contributed by atoms with Crippen molar-refractivity contribution in [3.05, 3.63) is 72.3 Å². The molecule has 0 aliphatic heterocycles. The van der Waals surface area contributed by atoms with E-state index in [0.717, 1.165) is 23.4 Å². The van der Waals surface area contributed by atoms with Crippen molar-refractivity contribution in [2.24, 2.45) is 4.99 Å². The summed E-state index contributed by atoms with van der Waals surface area (Å²) in [5, 5.41) is 0. The van der Waals surface area contributed by atoms with E-state index in [4.69, 9.17) is 4.74 Å². The van der Waals surface area contributed by atoms with Crippen LogP contribution in [0, 0.1) is 0 Å². The summed E-state index contributed by atoms with van der Waals surface area (Å²) in [6.07, 6.45) is 4.63. The molecule has 0 spiro atoms. The van der Waals surface area contributed by atoms with E-state index in [2.05, 4.69) is 30.6 Å². The van der Waals surface area contributed by atoms with E-state index in [-0.39, 0.29) is 0 Å². The molecule has 0 aliphatic rings. The average molecular weight is 265 g/mol. The standard InChI is InChI=1S/C18H19NO/c1-3-12-20-18-7-5-6-16(13-18)14-19-17-10-8-15(4-2)9-11-17/h3,5-11,13-14H,1,4,12H2,2H3. The number of ether oxygens (including phenoxy) is 1. The van der Waals surface area contributed by atoms with E-state index in [1.165, 1.54) is 5.56 Å². The minimum atomic E-state index is 0.513. The highest BCUT2D eigenvalue weighted by molar-refractivity contribution is 5.82. The topological polar surface area (TPSA) is 21.6 Å². The first-order valence-electron chi connectivity index (χ1n) is 6.78. The highest BCUT2D eigenvalue weighted by atomic mass is 16.5. The first kappa shape index (κ1) is 14.1. The lowest BCUT2D eigenvalue weighted by atomic mass is 10.1. The molecule has 0 saturated heterocycles. The zero-order chi connectivity index (χ0) is 14.2. The number of aryl methyl sites for hydroxylation is 1. The molecule has 0 heterocycles. The fourth-order valence-electron chi connectivity index (χ4n) is 1.81. The predicted molar refractivity (Wildman–Crippen MR) is 85.2 cm³/mol. The van der Waals surface area contributed by atoms with Gasteiger partial charge in [0.15, 0.2) is 0 Å². The Morgan fingerprint density at radius 2 is 1.95 bits per heavy atom. The van der Waals surface area contributed by atoms with Crippen LogP contribution < -0.4 is 4.74 Å². The zero-order valence-electron chi connectivity index (χ0n) is 11.8. The second kappa shape index (κ2) is 7.29. The Hall–Kier alpha value is -2.35. The van der Waals surface area contributed by atoms with E-state index in [1.54, 1.807) is 6.08 Å². The second-order valence-electron chi connectivity index (χ2n) is 4.45. The number of benzene rings is 2. The molecule has 102 valence electrons. The molecular weight excluding hydrogens is 246 g/mol. The molecule has 0 bridgehead atoms. The van der Waals surface area contributed by atoms with Gasteiger partial charge in [0.2, 0.25) is 0 Å². The van der Waals surface area contributed by atoms with Crippen LogP contribution in [0.15, 0.2) is 66.2 Å². The van der Waals surface area contributed by atoms with Crippen LogP contribution in [-0.4, -0.2) is 12.8 Å². The Labute approximate surface area is 120 Å². The molecule has 0 aliphatic carbocycles. The molecule has 2 rings (SSSR count). The van der Waals surface area contributed by atoms with E-state index in [9.17, 15) is 0 Å². The molecule has 2 aromatic rings. The lowest BCUT2D eigenvalue weighted by Crippen LogP contribution is -1.93. The van der Waals surface area contributed by atoms with Crippen molar-refractivity contribution in [2.75, 3.05) is 6.61 Å².